The number of sulfonamides is 1. The zero-order valence-corrected chi connectivity index (χ0v) is 13.7. The first kappa shape index (κ1) is 15.2. The fraction of sp³-hybridized carbons (Fsp3) is 0.385. The number of carbonyl (C=O) groups excluding carboxylic acids is 1. The van der Waals surface area contributed by atoms with Gasteiger partial charge >= 0.3 is 0 Å². The number of hydrogen-bond acceptors (Lipinski definition) is 6. The molecule has 3 rings (SSSR count). The minimum absolute atomic E-state index is 0.152. The molecule has 2 aromatic rings. The molecule has 3 heterocycles. The van der Waals surface area contributed by atoms with Crippen molar-refractivity contribution in [2.24, 2.45) is 0 Å². The summed E-state index contributed by atoms with van der Waals surface area (Å²) in [7, 11) is -2.06. The lowest BCUT2D eigenvalue weighted by atomic mass is 10.3. The highest BCUT2D eigenvalue weighted by Crippen LogP contribution is 2.31. The molecule has 1 saturated heterocycles. The molecule has 0 aromatic carbocycles. The summed E-state index contributed by atoms with van der Waals surface area (Å²) in [4.78, 5) is 14.0. The number of likely N-dealkylation sites (N-methyl/N-ethyl adjacent to an activating group) is 1. The van der Waals surface area contributed by atoms with Crippen LogP contribution in [0.4, 0.5) is 0 Å². The number of rotatable bonds is 4. The van der Waals surface area contributed by atoms with Crippen LogP contribution >= 0.6 is 11.3 Å². The fourth-order valence-electron chi connectivity index (χ4n) is 2.25. The number of amides is 1. The highest BCUT2D eigenvalue weighted by Gasteiger charge is 2.33. The smallest absolute Gasteiger partial charge is 0.250 e. The molecule has 22 heavy (non-hydrogen) atoms. The van der Waals surface area contributed by atoms with Gasteiger partial charge in [-0.25, -0.2) is 8.42 Å². The molecule has 118 valence electrons. The third-order valence-electron chi connectivity index (χ3n) is 3.44. The zero-order chi connectivity index (χ0) is 15.9. The molecular formula is C13H15N3O4S2. The first-order valence-corrected chi connectivity index (χ1v) is 8.97. The Balaban J connectivity index is 1.81. The SMILES string of the molecule is Cc1cc(-c2ccc(S(=O)(=O)NC3CCN(C)C3=O)s2)on1. The van der Waals surface area contributed by atoms with Crippen molar-refractivity contribution in [2.45, 2.75) is 23.6 Å². The molecule has 0 radical (unpaired) electrons. The minimum atomic E-state index is -3.72. The van der Waals surface area contributed by atoms with Gasteiger partial charge in [0.1, 0.15) is 10.3 Å². The molecule has 0 bridgehead atoms. The average molecular weight is 341 g/mol. The molecule has 0 aliphatic carbocycles. The highest BCUT2D eigenvalue weighted by atomic mass is 32.2. The number of thiophene rings is 1. The molecular weight excluding hydrogens is 326 g/mol. The van der Waals surface area contributed by atoms with Crippen molar-refractivity contribution in [3.05, 3.63) is 23.9 Å². The maximum atomic E-state index is 12.4. The standard InChI is InChI=1S/C13H15N3O4S2/c1-8-7-10(20-14-8)11-3-4-12(21-11)22(18,19)15-9-5-6-16(2)13(9)17/h3-4,7,9,15H,5-6H2,1-2H3. The van der Waals surface area contributed by atoms with E-state index in [9.17, 15) is 13.2 Å². The van der Waals surface area contributed by atoms with Crippen LogP contribution in [0.2, 0.25) is 0 Å². The number of aryl methyl sites for hydroxylation is 1. The minimum Gasteiger partial charge on any atom is -0.355 e. The van der Waals surface area contributed by atoms with Gasteiger partial charge in [-0.3, -0.25) is 4.79 Å². The van der Waals surface area contributed by atoms with Gasteiger partial charge in [-0.1, -0.05) is 5.16 Å². The summed E-state index contributed by atoms with van der Waals surface area (Å²) >= 11 is 1.08. The van der Waals surface area contributed by atoms with E-state index in [1.165, 1.54) is 11.0 Å². The Morgan fingerprint density at radius 1 is 1.45 bits per heavy atom. The van der Waals surface area contributed by atoms with Gasteiger partial charge in [0.05, 0.1) is 10.6 Å². The Bertz CT molecular complexity index is 809. The van der Waals surface area contributed by atoms with E-state index in [2.05, 4.69) is 9.88 Å². The van der Waals surface area contributed by atoms with E-state index in [4.69, 9.17) is 4.52 Å². The highest BCUT2D eigenvalue weighted by molar-refractivity contribution is 7.91. The average Bonchev–Trinajstić information content (AvgIpc) is 3.15. The summed E-state index contributed by atoms with van der Waals surface area (Å²) in [6.45, 7) is 2.35. The number of nitrogens with one attached hydrogen (secondary N) is 1. The predicted molar refractivity (Wildman–Crippen MR) is 80.9 cm³/mol. The van der Waals surface area contributed by atoms with Gasteiger partial charge in [0.25, 0.3) is 10.0 Å². The molecule has 9 heteroatoms. The lowest BCUT2D eigenvalue weighted by Gasteiger charge is -2.11. The van der Waals surface area contributed by atoms with Gasteiger partial charge in [0.2, 0.25) is 5.91 Å². The van der Waals surface area contributed by atoms with Crippen LogP contribution in [-0.2, 0) is 14.8 Å². The molecule has 0 spiro atoms. The Labute approximate surface area is 132 Å². The van der Waals surface area contributed by atoms with Crippen molar-refractivity contribution in [2.75, 3.05) is 13.6 Å². The van der Waals surface area contributed by atoms with Crippen LogP contribution in [0.1, 0.15) is 12.1 Å². The number of likely N-dealkylation sites (tertiary alicyclic amines) is 1. The van der Waals surface area contributed by atoms with E-state index in [-0.39, 0.29) is 10.1 Å². The first-order chi connectivity index (χ1) is 10.4. The number of aromatic nitrogens is 1. The fourth-order valence-corrected chi connectivity index (χ4v) is 4.75. The van der Waals surface area contributed by atoms with E-state index in [1.807, 2.05) is 0 Å². The Morgan fingerprint density at radius 2 is 2.23 bits per heavy atom. The summed E-state index contributed by atoms with van der Waals surface area (Å²) in [5, 5.41) is 3.78. The van der Waals surface area contributed by atoms with Gasteiger partial charge < -0.3 is 9.42 Å². The van der Waals surface area contributed by atoms with Crippen LogP contribution in [-0.4, -0.2) is 44.0 Å². The second-order valence-corrected chi connectivity index (χ2v) is 8.20. The first-order valence-electron chi connectivity index (χ1n) is 6.67. The topological polar surface area (TPSA) is 92.5 Å². The van der Waals surface area contributed by atoms with Gasteiger partial charge in [0.15, 0.2) is 5.76 Å². The van der Waals surface area contributed by atoms with E-state index < -0.39 is 16.1 Å². The van der Waals surface area contributed by atoms with Crippen molar-refractivity contribution < 1.29 is 17.7 Å². The Morgan fingerprint density at radius 3 is 2.82 bits per heavy atom. The maximum Gasteiger partial charge on any atom is 0.250 e. The predicted octanol–water partition coefficient (Wildman–Crippen LogP) is 1.22. The van der Waals surface area contributed by atoms with Crippen LogP contribution < -0.4 is 4.72 Å². The Hall–Kier alpha value is -1.71. The summed E-state index contributed by atoms with van der Waals surface area (Å²) in [5.41, 5.74) is 0.727. The summed E-state index contributed by atoms with van der Waals surface area (Å²) in [6.07, 6.45) is 0.480. The van der Waals surface area contributed by atoms with Crippen molar-refractivity contribution in [1.82, 2.24) is 14.8 Å². The second kappa shape index (κ2) is 5.49. The third kappa shape index (κ3) is 2.79. The van der Waals surface area contributed by atoms with Crippen molar-refractivity contribution in [3.8, 4) is 10.6 Å². The molecule has 1 amide bonds. The van der Waals surface area contributed by atoms with Gasteiger partial charge in [0, 0.05) is 19.7 Å². The van der Waals surface area contributed by atoms with Crippen LogP contribution in [0, 0.1) is 6.92 Å². The molecule has 1 unspecified atom stereocenters. The molecule has 7 nitrogen and oxygen atoms in total. The molecule has 1 N–H and O–H groups in total. The molecule has 1 fully saturated rings. The molecule has 1 atom stereocenters. The monoisotopic (exact) mass is 341 g/mol. The van der Waals surface area contributed by atoms with E-state index in [0.29, 0.717) is 23.6 Å². The summed E-state index contributed by atoms with van der Waals surface area (Å²) < 4.78 is 32.5. The van der Waals surface area contributed by atoms with Crippen LogP contribution in [0.15, 0.2) is 26.9 Å². The third-order valence-corrected chi connectivity index (χ3v) is 6.51. The summed E-state index contributed by atoms with van der Waals surface area (Å²) in [5.74, 6) is 0.326. The number of carbonyl (C=O) groups is 1. The number of nitrogens with zero attached hydrogens (tertiary/aromatic N) is 2. The van der Waals surface area contributed by atoms with Gasteiger partial charge in [-0.15, -0.1) is 11.3 Å². The largest absolute Gasteiger partial charge is 0.355 e. The molecule has 1 aliphatic heterocycles. The van der Waals surface area contributed by atoms with E-state index >= 15 is 0 Å². The molecule has 1 aliphatic rings. The molecule has 2 aromatic heterocycles. The van der Waals surface area contributed by atoms with Gasteiger partial charge in [-0.2, -0.15) is 4.72 Å². The summed E-state index contributed by atoms with van der Waals surface area (Å²) in [6, 6.07) is 4.23. The zero-order valence-electron chi connectivity index (χ0n) is 12.1. The van der Waals surface area contributed by atoms with Crippen molar-refractivity contribution >= 4 is 27.3 Å². The van der Waals surface area contributed by atoms with Gasteiger partial charge in [-0.05, 0) is 25.5 Å². The molecule has 0 saturated carbocycles. The quantitative estimate of drug-likeness (QED) is 0.903. The second-order valence-electron chi connectivity index (χ2n) is 5.17. The van der Waals surface area contributed by atoms with E-state index in [1.54, 1.807) is 26.1 Å². The maximum absolute atomic E-state index is 12.4. The normalized spacial score (nSPS) is 19.1. The van der Waals surface area contributed by atoms with Crippen molar-refractivity contribution in [3.63, 3.8) is 0 Å². The lowest BCUT2D eigenvalue weighted by molar-refractivity contribution is -0.127. The van der Waals surface area contributed by atoms with Crippen LogP contribution in [0.5, 0.6) is 0 Å². The lowest BCUT2D eigenvalue weighted by Crippen LogP contribution is -2.40. The van der Waals surface area contributed by atoms with Crippen LogP contribution in [0.25, 0.3) is 10.6 Å². The number of hydrogen-bond donors (Lipinski definition) is 1. The Kier molecular flexibility index (Phi) is 3.79. The van der Waals surface area contributed by atoms with Crippen LogP contribution in [0.3, 0.4) is 0 Å². The van der Waals surface area contributed by atoms with E-state index in [0.717, 1.165) is 17.0 Å². The van der Waals surface area contributed by atoms with Crippen molar-refractivity contribution in [1.29, 1.82) is 0 Å².